The van der Waals surface area contributed by atoms with Crippen molar-refractivity contribution in [1.82, 2.24) is 25.1 Å². The topological polar surface area (TPSA) is 90.8 Å². The van der Waals surface area contributed by atoms with Gasteiger partial charge in [0.25, 0.3) is 0 Å². The number of nitrogens with one attached hydrogen (secondary N) is 2. The quantitative estimate of drug-likeness (QED) is 0.399. The summed E-state index contributed by atoms with van der Waals surface area (Å²) in [6, 6.07) is 14.4. The molecule has 0 radical (unpaired) electrons. The number of fused-ring (bicyclic) bond motifs is 2. The number of carbonyl (C=O) groups excluding carboxylic acids is 1. The van der Waals surface area contributed by atoms with Crippen molar-refractivity contribution in [2.24, 2.45) is 0 Å². The van der Waals surface area contributed by atoms with E-state index in [1.165, 1.54) is 5.56 Å². The summed E-state index contributed by atoms with van der Waals surface area (Å²) in [6.07, 6.45) is 5.26. The Labute approximate surface area is 185 Å². The average molecular weight is 428 g/mol. The Kier molecular flexibility index (Phi) is 5.23. The van der Waals surface area contributed by atoms with Gasteiger partial charge < -0.3 is 19.3 Å². The first-order chi connectivity index (χ1) is 15.6. The highest BCUT2D eigenvalue weighted by Crippen LogP contribution is 2.22. The molecule has 162 valence electrons. The molecule has 2 N–H and O–H groups in total. The van der Waals surface area contributed by atoms with E-state index in [1.807, 2.05) is 37.6 Å². The third kappa shape index (κ3) is 4.01. The monoisotopic (exact) mass is 427 g/mol. The third-order valence-corrected chi connectivity index (χ3v) is 5.83. The second kappa shape index (κ2) is 8.34. The Balaban J connectivity index is 1.19. The highest BCUT2D eigenvalue weighted by atomic mass is 16.4. The molecule has 0 aliphatic rings. The molecule has 0 aliphatic carbocycles. The number of nitrogens with zero attached hydrogens (tertiary/aromatic N) is 3. The van der Waals surface area contributed by atoms with Crippen molar-refractivity contribution >= 4 is 27.7 Å². The van der Waals surface area contributed by atoms with Gasteiger partial charge in [0.05, 0.1) is 6.42 Å². The third-order valence-electron chi connectivity index (χ3n) is 5.83. The molecule has 7 nitrogen and oxygen atoms in total. The minimum Gasteiger partial charge on any atom is -0.425 e. The molecule has 0 saturated heterocycles. The molecule has 2 aromatic carbocycles. The zero-order valence-electron chi connectivity index (χ0n) is 18.2. The van der Waals surface area contributed by atoms with Crippen LogP contribution < -0.4 is 0 Å². The van der Waals surface area contributed by atoms with E-state index in [1.54, 1.807) is 4.90 Å². The zero-order valence-corrected chi connectivity index (χ0v) is 18.2. The van der Waals surface area contributed by atoms with E-state index in [9.17, 15) is 4.79 Å². The molecular formula is C25H25N5O2. The molecule has 0 atom stereocenters. The van der Waals surface area contributed by atoms with Gasteiger partial charge in [0.2, 0.25) is 17.7 Å². The van der Waals surface area contributed by atoms with Crippen LogP contribution in [0.4, 0.5) is 0 Å². The van der Waals surface area contributed by atoms with Crippen molar-refractivity contribution in [2.75, 3.05) is 7.05 Å². The molecule has 0 aliphatic heterocycles. The summed E-state index contributed by atoms with van der Waals surface area (Å²) in [5.74, 6) is 1.09. The Morgan fingerprint density at radius 3 is 2.59 bits per heavy atom. The first kappa shape index (κ1) is 20.1. The summed E-state index contributed by atoms with van der Waals surface area (Å²) in [7, 11) is 1.83. The van der Waals surface area contributed by atoms with Crippen LogP contribution in [-0.2, 0) is 24.2 Å². The normalized spacial score (nSPS) is 11.4. The van der Waals surface area contributed by atoms with Gasteiger partial charge in [0.15, 0.2) is 0 Å². The van der Waals surface area contributed by atoms with Crippen LogP contribution in [0.3, 0.4) is 0 Å². The highest BCUT2D eigenvalue weighted by molar-refractivity contribution is 5.85. The fraction of sp³-hybridized carbons (Fsp3) is 0.240. The molecule has 32 heavy (non-hydrogen) atoms. The summed E-state index contributed by atoms with van der Waals surface area (Å²) in [5.41, 5.74) is 5.59. The van der Waals surface area contributed by atoms with Crippen molar-refractivity contribution in [3.8, 4) is 0 Å². The molecule has 0 fully saturated rings. The van der Waals surface area contributed by atoms with Crippen LogP contribution in [0.5, 0.6) is 0 Å². The number of carbonyl (C=O) groups is 1. The van der Waals surface area contributed by atoms with Gasteiger partial charge in [-0.05, 0) is 36.2 Å². The van der Waals surface area contributed by atoms with Crippen molar-refractivity contribution < 1.29 is 9.21 Å². The van der Waals surface area contributed by atoms with Crippen LogP contribution >= 0.6 is 0 Å². The lowest BCUT2D eigenvalue weighted by Gasteiger charge is -2.16. The largest absolute Gasteiger partial charge is 0.425 e. The van der Waals surface area contributed by atoms with Gasteiger partial charge in [0, 0.05) is 60.6 Å². The number of aromatic amines is 2. The van der Waals surface area contributed by atoms with Gasteiger partial charge >= 0.3 is 0 Å². The van der Waals surface area contributed by atoms with Crippen molar-refractivity contribution in [2.45, 2.75) is 32.7 Å². The maximum Gasteiger partial charge on any atom is 0.223 e. The van der Waals surface area contributed by atoms with Gasteiger partial charge in [0.1, 0.15) is 0 Å². The molecule has 0 saturated carbocycles. The maximum absolute atomic E-state index is 12.7. The fourth-order valence-electron chi connectivity index (χ4n) is 4.07. The minimum atomic E-state index is 0.0448. The van der Waals surface area contributed by atoms with Crippen LogP contribution in [0.1, 0.15) is 34.9 Å². The first-order valence-electron chi connectivity index (χ1n) is 10.7. The smallest absolute Gasteiger partial charge is 0.223 e. The van der Waals surface area contributed by atoms with E-state index in [0.717, 1.165) is 32.9 Å². The van der Waals surface area contributed by atoms with Gasteiger partial charge in [-0.1, -0.05) is 29.8 Å². The number of para-hydroxylation sites is 1. The first-order valence-corrected chi connectivity index (χ1v) is 10.7. The SMILES string of the molecule is Cc1ccc2[nH]cc(CN(C)C(=O)CCc3nnc(Cc4c[nH]c5ccccc45)o3)c2c1. The van der Waals surface area contributed by atoms with E-state index in [-0.39, 0.29) is 5.91 Å². The molecule has 0 spiro atoms. The van der Waals surface area contributed by atoms with E-state index in [2.05, 4.69) is 51.4 Å². The van der Waals surface area contributed by atoms with Crippen LogP contribution in [-0.4, -0.2) is 38.0 Å². The lowest BCUT2D eigenvalue weighted by Crippen LogP contribution is -2.26. The van der Waals surface area contributed by atoms with Crippen LogP contribution in [0.25, 0.3) is 21.8 Å². The predicted molar refractivity (Wildman–Crippen MR) is 123 cm³/mol. The molecule has 7 heteroatoms. The lowest BCUT2D eigenvalue weighted by molar-refractivity contribution is -0.130. The second-order valence-electron chi connectivity index (χ2n) is 8.24. The summed E-state index contributed by atoms with van der Waals surface area (Å²) < 4.78 is 5.80. The number of hydrogen-bond acceptors (Lipinski definition) is 4. The predicted octanol–water partition coefficient (Wildman–Crippen LogP) is 4.52. The molecule has 3 heterocycles. The molecular weight excluding hydrogens is 402 g/mol. The van der Waals surface area contributed by atoms with Crippen LogP contribution in [0.2, 0.25) is 0 Å². The maximum atomic E-state index is 12.7. The van der Waals surface area contributed by atoms with E-state index in [0.29, 0.717) is 37.6 Å². The van der Waals surface area contributed by atoms with Gasteiger partial charge in [-0.2, -0.15) is 0 Å². The number of H-pyrrole nitrogens is 2. The van der Waals surface area contributed by atoms with Crippen LogP contribution in [0, 0.1) is 6.92 Å². The Morgan fingerprint density at radius 2 is 1.72 bits per heavy atom. The highest BCUT2D eigenvalue weighted by Gasteiger charge is 2.15. The summed E-state index contributed by atoms with van der Waals surface area (Å²) >= 11 is 0. The Bertz CT molecular complexity index is 1390. The van der Waals surface area contributed by atoms with E-state index < -0.39 is 0 Å². The second-order valence-corrected chi connectivity index (χ2v) is 8.24. The molecule has 3 aromatic heterocycles. The number of amides is 1. The molecule has 5 rings (SSSR count). The fourth-order valence-corrected chi connectivity index (χ4v) is 4.07. The summed E-state index contributed by atoms with van der Waals surface area (Å²) in [5, 5.41) is 10.6. The number of aryl methyl sites for hydroxylation is 2. The Morgan fingerprint density at radius 1 is 0.969 bits per heavy atom. The summed E-state index contributed by atoms with van der Waals surface area (Å²) in [6.45, 7) is 2.63. The zero-order chi connectivity index (χ0) is 22.1. The van der Waals surface area contributed by atoms with Crippen LogP contribution in [0.15, 0.2) is 59.3 Å². The van der Waals surface area contributed by atoms with Gasteiger partial charge in [-0.3, -0.25) is 4.79 Å². The lowest BCUT2D eigenvalue weighted by atomic mass is 10.1. The number of benzene rings is 2. The van der Waals surface area contributed by atoms with E-state index >= 15 is 0 Å². The van der Waals surface area contributed by atoms with Crippen molar-refractivity contribution in [1.29, 1.82) is 0 Å². The van der Waals surface area contributed by atoms with Crippen molar-refractivity contribution in [3.05, 3.63) is 83.3 Å². The molecule has 1 amide bonds. The minimum absolute atomic E-state index is 0.0448. The van der Waals surface area contributed by atoms with Gasteiger partial charge in [-0.15, -0.1) is 10.2 Å². The standard InChI is InChI=1S/C25H25N5O2/c1-16-7-8-22-20(11-16)18(14-27-22)15-30(2)25(31)10-9-23-28-29-24(32-23)12-17-13-26-21-6-4-3-5-19(17)21/h3-8,11,13-14,26-27H,9-10,12,15H2,1-2H3. The van der Waals surface area contributed by atoms with Crippen molar-refractivity contribution in [3.63, 3.8) is 0 Å². The molecule has 0 unspecified atom stereocenters. The number of aromatic nitrogens is 4. The molecule has 0 bridgehead atoms. The van der Waals surface area contributed by atoms with E-state index in [4.69, 9.17) is 4.42 Å². The molecule has 5 aromatic rings. The number of rotatable bonds is 7. The average Bonchev–Trinajstić information content (AvgIpc) is 3.52. The number of hydrogen-bond donors (Lipinski definition) is 2. The van der Waals surface area contributed by atoms with Gasteiger partial charge in [-0.25, -0.2) is 0 Å². The Hall–Kier alpha value is -3.87. The summed E-state index contributed by atoms with van der Waals surface area (Å²) in [4.78, 5) is 21.0.